The number of hydrogen-bond donors (Lipinski definition) is 3. The van der Waals surface area contributed by atoms with Crippen LogP contribution in [-0.4, -0.2) is 15.3 Å². The van der Waals surface area contributed by atoms with Gasteiger partial charge < -0.3 is 16.8 Å². The van der Waals surface area contributed by atoms with E-state index in [0.29, 0.717) is 6.54 Å². The quantitative estimate of drug-likeness (QED) is 0.345. The van der Waals surface area contributed by atoms with E-state index in [0.717, 1.165) is 40.4 Å². The lowest BCUT2D eigenvalue weighted by molar-refractivity contribution is 1.08. The molecule has 5 N–H and O–H groups in total. The van der Waals surface area contributed by atoms with Crippen LogP contribution in [0.4, 0.5) is 11.5 Å². The van der Waals surface area contributed by atoms with E-state index in [1.54, 1.807) is 0 Å². The maximum Gasteiger partial charge on any atom is 0.191 e. The van der Waals surface area contributed by atoms with Crippen molar-refractivity contribution in [2.45, 2.75) is 19.9 Å². The lowest BCUT2D eigenvalue weighted by Gasteiger charge is -2.10. The Morgan fingerprint density at radius 2 is 1.69 bits per heavy atom. The van der Waals surface area contributed by atoms with Crippen molar-refractivity contribution in [2.75, 3.05) is 5.32 Å². The molecule has 6 heteroatoms. The summed E-state index contributed by atoms with van der Waals surface area (Å²) >= 11 is 0. The molecule has 4 rings (SSSR count). The number of aromatic nitrogens is 2. The molecule has 2 aromatic heterocycles. The summed E-state index contributed by atoms with van der Waals surface area (Å²) in [5, 5.41) is 3.56. The van der Waals surface area contributed by atoms with Gasteiger partial charge in [0.05, 0.1) is 5.69 Å². The molecule has 0 fully saturated rings. The van der Waals surface area contributed by atoms with Gasteiger partial charge in [0.15, 0.2) is 5.96 Å². The van der Waals surface area contributed by atoms with Crippen molar-refractivity contribution in [1.82, 2.24) is 9.38 Å². The molecule has 0 spiro atoms. The van der Waals surface area contributed by atoms with Crippen LogP contribution >= 0.6 is 0 Å². The largest absolute Gasteiger partial charge is 0.370 e. The molecule has 6 nitrogen and oxygen atoms in total. The van der Waals surface area contributed by atoms with Gasteiger partial charge in [0, 0.05) is 18.3 Å². The highest BCUT2D eigenvalue weighted by Crippen LogP contribution is 2.29. The minimum atomic E-state index is 0.0559. The molecule has 0 radical (unpaired) electrons. The molecular formula is C23H24N6. The molecule has 2 heterocycles. The summed E-state index contributed by atoms with van der Waals surface area (Å²) in [5.41, 5.74) is 17.0. The predicted molar refractivity (Wildman–Crippen MR) is 119 cm³/mol. The van der Waals surface area contributed by atoms with Crippen molar-refractivity contribution in [3.63, 3.8) is 0 Å². The fourth-order valence-corrected chi connectivity index (χ4v) is 3.29. The number of nitrogens with zero attached hydrogens (tertiary/aromatic N) is 3. The summed E-state index contributed by atoms with van der Waals surface area (Å²) < 4.78 is 2.08. The second-order valence-electron chi connectivity index (χ2n) is 6.85. The highest BCUT2D eigenvalue weighted by molar-refractivity contribution is 5.79. The van der Waals surface area contributed by atoms with E-state index in [4.69, 9.17) is 16.5 Å². The molecule has 0 aliphatic carbocycles. The average Bonchev–Trinajstić information content (AvgIpc) is 3.11. The number of imidazole rings is 1. The molecule has 2 aromatic carbocycles. The Hall–Kier alpha value is -3.80. The van der Waals surface area contributed by atoms with E-state index in [2.05, 4.69) is 45.9 Å². The van der Waals surface area contributed by atoms with Crippen LogP contribution in [0.15, 0.2) is 77.9 Å². The third-order valence-electron chi connectivity index (χ3n) is 4.82. The van der Waals surface area contributed by atoms with Gasteiger partial charge in [-0.2, -0.15) is 0 Å². The summed E-state index contributed by atoms with van der Waals surface area (Å²) in [6.45, 7) is 2.82. The molecule has 0 bridgehead atoms. The molecule has 0 unspecified atom stereocenters. The van der Waals surface area contributed by atoms with E-state index in [-0.39, 0.29) is 5.96 Å². The van der Waals surface area contributed by atoms with Gasteiger partial charge in [-0.05, 0) is 41.8 Å². The van der Waals surface area contributed by atoms with Crippen LogP contribution in [0.2, 0.25) is 0 Å². The molecule has 0 amide bonds. The fraction of sp³-hybridized carbons (Fsp3) is 0.130. The van der Waals surface area contributed by atoms with Crippen LogP contribution < -0.4 is 16.8 Å². The second-order valence-corrected chi connectivity index (χ2v) is 6.85. The van der Waals surface area contributed by atoms with Crippen LogP contribution in [0, 0.1) is 0 Å². The zero-order valence-corrected chi connectivity index (χ0v) is 16.3. The standard InChI is InChI=1S/C23H24N6/c1-2-16-6-10-18(11-7-16)21-22(29-14-4-3-5-20(29)28-21)26-15-17-8-12-19(13-9-17)27-23(24)25/h3-14,26H,2,15H2,1H3,(H4,24,25,27). The number of anilines is 1. The van der Waals surface area contributed by atoms with Crippen molar-refractivity contribution in [1.29, 1.82) is 0 Å². The predicted octanol–water partition coefficient (Wildman–Crippen LogP) is 4.08. The van der Waals surface area contributed by atoms with Gasteiger partial charge in [0.25, 0.3) is 0 Å². The van der Waals surface area contributed by atoms with Crippen molar-refractivity contribution < 1.29 is 0 Å². The van der Waals surface area contributed by atoms with E-state index in [1.807, 2.05) is 48.7 Å². The van der Waals surface area contributed by atoms with Gasteiger partial charge in [-0.1, -0.05) is 49.4 Å². The topological polar surface area (TPSA) is 93.7 Å². The SMILES string of the molecule is CCc1ccc(-c2nc3ccccn3c2NCc2ccc(N=C(N)N)cc2)cc1. The van der Waals surface area contributed by atoms with Crippen LogP contribution in [0.3, 0.4) is 0 Å². The van der Waals surface area contributed by atoms with E-state index < -0.39 is 0 Å². The lowest BCUT2D eigenvalue weighted by Crippen LogP contribution is -2.21. The number of aliphatic imine (C=N–C) groups is 1. The average molecular weight is 384 g/mol. The Balaban J connectivity index is 1.64. The van der Waals surface area contributed by atoms with Gasteiger partial charge in [-0.15, -0.1) is 0 Å². The molecule has 0 saturated heterocycles. The van der Waals surface area contributed by atoms with Crippen molar-refractivity contribution >= 4 is 23.1 Å². The van der Waals surface area contributed by atoms with Gasteiger partial charge in [0.2, 0.25) is 0 Å². The number of guanidine groups is 1. The van der Waals surface area contributed by atoms with Crippen molar-refractivity contribution in [3.05, 3.63) is 84.1 Å². The number of fused-ring (bicyclic) bond motifs is 1. The molecule has 0 aliphatic heterocycles. The van der Waals surface area contributed by atoms with E-state index >= 15 is 0 Å². The van der Waals surface area contributed by atoms with Gasteiger partial charge in [-0.25, -0.2) is 9.98 Å². The second kappa shape index (κ2) is 8.06. The maximum absolute atomic E-state index is 5.43. The Labute approximate surface area is 169 Å². The Morgan fingerprint density at radius 1 is 0.966 bits per heavy atom. The molecule has 146 valence electrons. The summed E-state index contributed by atoms with van der Waals surface area (Å²) in [7, 11) is 0. The van der Waals surface area contributed by atoms with E-state index in [9.17, 15) is 0 Å². The molecule has 29 heavy (non-hydrogen) atoms. The smallest absolute Gasteiger partial charge is 0.191 e. The number of benzene rings is 2. The summed E-state index contributed by atoms with van der Waals surface area (Å²) in [5.74, 6) is 1.03. The number of nitrogens with one attached hydrogen (secondary N) is 1. The first-order valence-electron chi connectivity index (χ1n) is 9.63. The minimum Gasteiger partial charge on any atom is -0.370 e. The number of aryl methyl sites for hydroxylation is 1. The lowest BCUT2D eigenvalue weighted by atomic mass is 10.1. The molecule has 0 aliphatic rings. The van der Waals surface area contributed by atoms with Crippen LogP contribution in [0.1, 0.15) is 18.1 Å². The first-order valence-corrected chi connectivity index (χ1v) is 9.63. The number of rotatable bonds is 6. The van der Waals surface area contributed by atoms with Gasteiger partial charge >= 0.3 is 0 Å². The molecule has 0 saturated carbocycles. The van der Waals surface area contributed by atoms with Gasteiger partial charge in [-0.3, -0.25) is 4.40 Å². The molecular weight excluding hydrogens is 360 g/mol. The van der Waals surface area contributed by atoms with Gasteiger partial charge in [0.1, 0.15) is 17.2 Å². The summed E-state index contributed by atoms with van der Waals surface area (Å²) in [6.07, 6.45) is 3.04. The zero-order chi connectivity index (χ0) is 20.2. The van der Waals surface area contributed by atoms with Crippen LogP contribution in [0.5, 0.6) is 0 Å². The fourth-order valence-electron chi connectivity index (χ4n) is 3.29. The summed E-state index contributed by atoms with van der Waals surface area (Å²) in [6, 6.07) is 22.4. The highest BCUT2D eigenvalue weighted by atomic mass is 15.1. The first-order chi connectivity index (χ1) is 14.1. The monoisotopic (exact) mass is 384 g/mol. The summed E-state index contributed by atoms with van der Waals surface area (Å²) in [4.78, 5) is 8.91. The Kier molecular flexibility index (Phi) is 5.16. The molecule has 4 aromatic rings. The zero-order valence-electron chi connectivity index (χ0n) is 16.3. The Bertz CT molecular complexity index is 1140. The molecule has 0 atom stereocenters. The van der Waals surface area contributed by atoms with Crippen molar-refractivity contribution in [2.24, 2.45) is 16.5 Å². The normalized spacial score (nSPS) is 10.8. The van der Waals surface area contributed by atoms with E-state index in [1.165, 1.54) is 5.56 Å². The van der Waals surface area contributed by atoms with Crippen LogP contribution in [0.25, 0.3) is 16.9 Å². The number of hydrogen-bond acceptors (Lipinski definition) is 3. The minimum absolute atomic E-state index is 0.0559. The number of pyridine rings is 1. The Morgan fingerprint density at radius 3 is 2.38 bits per heavy atom. The third kappa shape index (κ3) is 4.06. The number of nitrogens with two attached hydrogens (primary N) is 2. The maximum atomic E-state index is 5.43. The van der Waals surface area contributed by atoms with Crippen molar-refractivity contribution in [3.8, 4) is 11.3 Å². The third-order valence-corrected chi connectivity index (χ3v) is 4.82. The van der Waals surface area contributed by atoms with Crippen LogP contribution in [-0.2, 0) is 13.0 Å². The first kappa shape index (κ1) is 18.6. The highest BCUT2D eigenvalue weighted by Gasteiger charge is 2.13.